The zero-order chi connectivity index (χ0) is 11.0. The van der Waals surface area contributed by atoms with E-state index in [0.29, 0.717) is 0 Å². The first kappa shape index (κ1) is 10.6. The summed E-state index contributed by atoms with van der Waals surface area (Å²) in [4.78, 5) is 4.60. The van der Waals surface area contributed by atoms with Gasteiger partial charge in [0.1, 0.15) is 4.60 Å². The molecule has 0 unspecified atom stereocenters. The second kappa shape index (κ2) is 3.93. The van der Waals surface area contributed by atoms with E-state index in [1.165, 1.54) is 22.1 Å². The smallest absolute Gasteiger partial charge is 0.110 e. The van der Waals surface area contributed by atoms with Crippen LogP contribution in [0.2, 0.25) is 0 Å². The van der Waals surface area contributed by atoms with Gasteiger partial charge in [-0.15, -0.1) is 0 Å². The Bertz CT molecular complexity index is 517. The van der Waals surface area contributed by atoms with Gasteiger partial charge in [0.25, 0.3) is 0 Å². The maximum atomic E-state index is 4.60. The molecule has 0 amide bonds. The minimum Gasteiger partial charge on any atom is -0.240 e. The molecule has 15 heavy (non-hydrogen) atoms. The highest BCUT2D eigenvalue weighted by atomic mass is 79.9. The summed E-state index contributed by atoms with van der Waals surface area (Å²) in [6.07, 6.45) is 1.01. The summed E-state index contributed by atoms with van der Waals surface area (Å²) in [7, 11) is 0. The monoisotopic (exact) mass is 263 g/mol. The number of aryl methyl sites for hydroxylation is 3. The van der Waals surface area contributed by atoms with Crippen LogP contribution in [0.4, 0.5) is 0 Å². The molecule has 0 fully saturated rings. The molecule has 0 saturated carbocycles. The Labute approximate surface area is 98.7 Å². The van der Waals surface area contributed by atoms with Gasteiger partial charge in [-0.05, 0) is 59.5 Å². The standard InChI is InChI=1S/C13H14BrN/c1-4-10-7-11-6-8(2)5-9(3)12(11)15-13(10)14/h5-7H,4H2,1-3H3. The van der Waals surface area contributed by atoms with Crippen molar-refractivity contribution in [3.05, 3.63) is 39.5 Å². The number of pyridine rings is 1. The van der Waals surface area contributed by atoms with Crippen LogP contribution < -0.4 is 0 Å². The van der Waals surface area contributed by atoms with Crippen molar-refractivity contribution in [3.63, 3.8) is 0 Å². The van der Waals surface area contributed by atoms with Crippen LogP contribution >= 0.6 is 15.9 Å². The summed E-state index contributed by atoms with van der Waals surface area (Å²) < 4.78 is 0.976. The highest BCUT2D eigenvalue weighted by Gasteiger charge is 2.05. The Morgan fingerprint density at radius 2 is 1.93 bits per heavy atom. The van der Waals surface area contributed by atoms with Crippen molar-refractivity contribution in [1.82, 2.24) is 4.98 Å². The minimum absolute atomic E-state index is 0.976. The van der Waals surface area contributed by atoms with Crippen molar-refractivity contribution in [2.75, 3.05) is 0 Å². The van der Waals surface area contributed by atoms with E-state index in [2.05, 4.69) is 59.9 Å². The van der Waals surface area contributed by atoms with Crippen LogP contribution in [-0.2, 0) is 6.42 Å². The van der Waals surface area contributed by atoms with Crippen LogP contribution in [0, 0.1) is 13.8 Å². The van der Waals surface area contributed by atoms with Crippen molar-refractivity contribution >= 4 is 26.8 Å². The first-order chi connectivity index (χ1) is 7.11. The Hall–Kier alpha value is -0.890. The van der Waals surface area contributed by atoms with Gasteiger partial charge in [-0.1, -0.05) is 18.6 Å². The highest BCUT2D eigenvalue weighted by molar-refractivity contribution is 9.10. The van der Waals surface area contributed by atoms with Gasteiger partial charge in [0.15, 0.2) is 0 Å². The van der Waals surface area contributed by atoms with Gasteiger partial charge < -0.3 is 0 Å². The molecule has 1 heterocycles. The summed E-state index contributed by atoms with van der Waals surface area (Å²) >= 11 is 3.52. The zero-order valence-corrected chi connectivity index (χ0v) is 10.9. The molecule has 1 nitrogen and oxygen atoms in total. The summed E-state index contributed by atoms with van der Waals surface area (Å²) in [5.41, 5.74) is 4.91. The van der Waals surface area contributed by atoms with Gasteiger partial charge in [0.05, 0.1) is 5.52 Å². The molecule has 2 heteroatoms. The lowest BCUT2D eigenvalue weighted by Gasteiger charge is -2.07. The molecule has 78 valence electrons. The van der Waals surface area contributed by atoms with Gasteiger partial charge in [0, 0.05) is 5.39 Å². The molecular weight excluding hydrogens is 250 g/mol. The third kappa shape index (κ3) is 1.91. The number of hydrogen-bond acceptors (Lipinski definition) is 1. The van der Waals surface area contributed by atoms with E-state index in [9.17, 15) is 0 Å². The second-order valence-electron chi connectivity index (χ2n) is 3.95. The topological polar surface area (TPSA) is 12.9 Å². The molecule has 0 aliphatic carbocycles. The quantitative estimate of drug-likeness (QED) is 0.704. The predicted octanol–water partition coefficient (Wildman–Crippen LogP) is 4.18. The molecule has 1 aromatic carbocycles. The molecule has 0 N–H and O–H groups in total. The maximum Gasteiger partial charge on any atom is 0.110 e. The van der Waals surface area contributed by atoms with Crippen LogP contribution in [0.1, 0.15) is 23.6 Å². The van der Waals surface area contributed by atoms with Crippen molar-refractivity contribution in [2.24, 2.45) is 0 Å². The maximum absolute atomic E-state index is 4.60. The zero-order valence-electron chi connectivity index (χ0n) is 9.26. The Kier molecular flexibility index (Phi) is 2.79. The van der Waals surface area contributed by atoms with E-state index in [1.54, 1.807) is 0 Å². The van der Waals surface area contributed by atoms with Crippen LogP contribution in [0.25, 0.3) is 10.9 Å². The van der Waals surface area contributed by atoms with Crippen molar-refractivity contribution in [3.8, 4) is 0 Å². The largest absolute Gasteiger partial charge is 0.240 e. The number of halogens is 1. The third-order valence-electron chi connectivity index (χ3n) is 2.66. The average Bonchev–Trinajstić information content (AvgIpc) is 2.18. The fourth-order valence-electron chi connectivity index (χ4n) is 1.92. The van der Waals surface area contributed by atoms with Crippen molar-refractivity contribution in [2.45, 2.75) is 27.2 Å². The van der Waals surface area contributed by atoms with Gasteiger partial charge in [-0.3, -0.25) is 0 Å². The van der Waals surface area contributed by atoms with Crippen LogP contribution in [0.15, 0.2) is 22.8 Å². The van der Waals surface area contributed by atoms with Gasteiger partial charge in [-0.2, -0.15) is 0 Å². The number of fused-ring (bicyclic) bond motifs is 1. The number of benzene rings is 1. The molecule has 1 aromatic heterocycles. The molecule has 0 aliphatic rings. The average molecular weight is 264 g/mol. The van der Waals surface area contributed by atoms with Crippen molar-refractivity contribution < 1.29 is 0 Å². The second-order valence-corrected chi connectivity index (χ2v) is 4.70. The Morgan fingerprint density at radius 3 is 2.60 bits per heavy atom. The first-order valence-electron chi connectivity index (χ1n) is 5.18. The molecule has 0 aliphatic heterocycles. The fraction of sp³-hybridized carbons (Fsp3) is 0.308. The van der Waals surface area contributed by atoms with Crippen molar-refractivity contribution in [1.29, 1.82) is 0 Å². The summed E-state index contributed by atoms with van der Waals surface area (Å²) in [5.74, 6) is 0. The lowest BCUT2D eigenvalue weighted by molar-refractivity contribution is 1.09. The van der Waals surface area contributed by atoms with Crippen LogP contribution in [-0.4, -0.2) is 4.98 Å². The number of rotatable bonds is 1. The Morgan fingerprint density at radius 1 is 1.20 bits per heavy atom. The van der Waals surface area contributed by atoms with Gasteiger partial charge in [0.2, 0.25) is 0 Å². The van der Waals surface area contributed by atoms with Crippen LogP contribution in [0.5, 0.6) is 0 Å². The van der Waals surface area contributed by atoms with E-state index in [1.807, 2.05) is 0 Å². The molecule has 0 spiro atoms. The SMILES string of the molecule is CCc1cc2cc(C)cc(C)c2nc1Br. The summed E-state index contributed by atoms with van der Waals surface area (Å²) in [5, 5.41) is 1.24. The first-order valence-corrected chi connectivity index (χ1v) is 5.97. The fourth-order valence-corrected chi connectivity index (χ4v) is 2.49. The third-order valence-corrected chi connectivity index (χ3v) is 3.35. The number of aromatic nitrogens is 1. The predicted molar refractivity (Wildman–Crippen MR) is 68.3 cm³/mol. The highest BCUT2D eigenvalue weighted by Crippen LogP contribution is 2.24. The number of nitrogens with zero attached hydrogens (tertiary/aromatic N) is 1. The van der Waals surface area contributed by atoms with Gasteiger partial charge in [-0.25, -0.2) is 4.98 Å². The minimum atomic E-state index is 0.976. The van der Waals surface area contributed by atoms with E-state index in [-0.39, 0.29) is 0 Å². The molecular formula is C13H14BrN. The summed E-state index contributed by atoms with van der Waals surface area (Å²) in [6.45, 7) is 6.39. The van der Waals surface area contributed by atoms with E-state index in [4.69, 9.17) is 0 Å². The Balaban J connectivity index is 2.81. The molecule has 2 rings (SSSR count). The molecule has 2 aromatic rings. The molecule has 0 bridgehead atoms. The van der Waals surface area contributed by atoms with Crippen LogP contribution in [0.3, 0.4) is 0 Å². The van der Waals surface area contributed by atoms with E-state index < -0.39 is 0 Å². The van der Waals surface area contributed by atoms with E-state index in [0.717, 1.165) is 16.5 Å². The molecule has 0 saturated heterocycles. The van der Waals surface area contributed by atoms with Gasteiger partial charge >= 0.3 is 0 Å². The normalized spacial score (nSPS) is 10.9. The number of hydrogen-bond donors (Lipinski definition) is 0. The molecule has 0 atom stereocenters. The summed E-state index contributed by atoms with van der Waals surface area (Å²) in [6, 6.07) is 6.60. The molecule has 0 radical (unpaired) electrons. The van der Waals surface area contributed by atoms with E-state index >= 15 is 0 Å². The lowest BCUT2D eigenvalue weighted by Crippen LogP contribution is -1.91. The lowest BCUT2D eigenvalue weighted by atomic mass is 10.0.